The van der Waals surface area contributed by atoms with Gasteiger partial charge in [0, 0.05) is 31.0 Å². The highest BCUT2D eigenvalue weighted by molar-refractivity contribution is 5.95. The fourth-order valence-corrected chi connectivity index (χ4v) is 2.33. The molecule has 1 fully saturated rings. The number of rotatable bonds is 5. The number of benzene rings is 1. The Kier molecular flexibility index (Phi) is 4.56. The van der Waals surface area contributed by atoms with Gasteiger partial charge in [0.2, 0.25) is 5.91 Å². The Morgan fingerprint density at radius 2 is 2.15 bits per heavy atom. The highest BCUT2D eigenvalue weighted by Gasteiger charge is 2.28. The Morgan fingerprint density at radius 1 is 1.45 bits per heavy atom. The topological polar surface area (TPSA) is 46.6 Å². The zero-order chi connectivity index (χ0) is 14.5. The van der Waals surface area contributed by atoms with E-state index in [1.54, 1.807) is 4.90 Å². The van der Waals surface area contributed by atoms with Crippen LogP contribution in [0.3, 0.4) is 0 Å². The number of anilines is 1. The molecule has 2 rings (SSSR count). The van der Waals surface area contributed by atoms with Crippen molar-refractivity contribution in [2.24, 2.45) is 5.92 Å². The number of carbonyl (C=O) groups is 2. The Hall–Kier alpha value is -2.10. The summed E-state index contributed by atoms with van der Waals surface area (Å²) in [5.74, 6) is 0.163. The van der Waals surface area contributed by atoms with E-state index in [0.29, 0.717) is 25.8 Å². The van der Waals surface area contributed by atoms with Crippen LogP contribution in [0.15, 0.2) is 36.9 Å². The second-order valence-corrected chi connectivity index (χ2v) is 4.95. The summed E-state index contributed by atoms with van der Waals surface area (Å²) in [6, 6.07) is 7.76. The minimum absolute atomic E-state index is 0.136. The highest BCUT2D eigenvalue weighted by Crippen LogP contribution is 2.25. The van der Waals surface area contributed by atoms with Crippen molar-refractivity contribution in [3.8, 4) is 0 Å². The molecule has 0 saturated carbocycles. The number of ether oxygens (including phenoxy) is 1. The van der Waals surface area contributed by atoms with E-state index < -0.39 is 0 Å². The summed E-state index contributed by atoms with van der Waals surface area (Å²) < 4.78 is 4.61. The Balaban J connectivity index is 1.99. The Labute approximate surface area is 119 Å². The second-order valence-electron chi connectivity index (χ2n) is 4.95. The molecule has 1 atom stereocenters. The van der Waals surface area contributed by atoms with Crippen molar-refractivity contribution in [1.29, 1.82) is 0 Å². The molecular weight excluding hydrogens is 254 g/mol. The molecule has 0 aliphatic carbocycles. The third kappa shape index (κ3) is 3.26. The highest BCUT2D eigenvalue weighted by atomic mass is 16.5. The molecule has 4 nitrogen and oxygen atoms in total. The summed E-state index contributed by atoms with van der Waals surface area (Å²) in [7, 11) is 1.39. The maximum absolute atomic E-state index is 11.9. The third-order valence-corrected chi connectivity index (χ3v) is 3.58. The lowest BCUT2D eigenvalue weighted by atomic mass is 10.1. The molecule has 1 unspecified atom stereocenters. The number of methoxy groups -OCH3 is 1. The molecule has 1 aromatic carbocycles. The first-order valence-corrected chi connectivity index (χ1v) is 6.72. The SMILES string of the molecule is C=CC1CC(=O)N(c2ccc(CCC(=O)OC)cc2)C1. The van der Waals surface area contributed by atoms with Gasteiger partial charge in [0.1, 0.15) is 0 Å². The fourth-order valence-electron chi connectivity index (χ4n) is 2.33. The van der Waals surface area contributed by atoms with Gasteiger partial charge in [0.25, 0.3) is 0 Å². The lowest BCUT2D eigenvalue weighted by molar-refractivity contribution is -0.140. The van der Waals surface area contributed by atoms with E-state index in [4.69, 9.17) is 0 Å². The molecule has 4 heteroatoms. The first-order chi connectivity index (χ1) is 9.63. The standard InChI is InChI=1S/C16H19NO3/c1-3-12-10-15(18)17(11-12)14-7-4-13(5-8-14)6-9-16(19)20-2/h3-5,7-8,12H,1,6,9-11H2,2H3. The largest absolute Gasteiger partial charge is 0.469 e. The van der Waals surface area contributed by atoms with Crippen molar-refractivity contribution >= 4 is 17.6 Å². The average Bonchev–Trinajstić information content (AvgIpc) is 2.86. The van der Waals surface area contributed by atoms with Crippen molar-refractivity contribution in [2.75, 3.05) is 18.6 Å². The van der Waals surface area contributed by atoms with Crippen LogP contribution < -0.4 is 4.90 Å². The maximum atomic E-state index is 11.9. The zero-order valence-electron chi connectivity index (χ0n) is 11.7. The minimum Gasteiger partial charge on any atom is -0.469 e. The smallest absolute Gasteiger partial charge is 0.305 e. The van der Waals surface area contributed by atoms with Gasteiger partial charge in [-0.2, -0.15) is 0 Å². The van der Waals surface area contributed by atoms with Crippen LogP contribution in [0.2, 0.25) is 0 Å². The molecule has 0 N–H and O–H groups in total. The van der Waals surface area contributed by atoms with Crippen molar-refractivity contribution in [3.63, 3.8) is 0 Å². The molecule has 0 bridgehead atoms. The number of hydrogen-bond donors (Lipinski definition) is 0. The van der Waals surface area contributed by atoms with Crippen molar-refractivity contribution < 1.29 is 14.3 Å². The van der Waals surface area contributed by atoms with Crippen molar-refractivity contribution in [1.82, 2.24) is 0 Å². The number of esters is 1. The number of hydrogen-bond acceptors (Lipinski definition) is 3. The molecule has 1 amide bonds. The monoisotopic (exact) mass is 273 g/mol. The predicted molar refractivity (Wildman–Crippen MR) is 77.4 cm³/mol. The molecule has 1 aliphatic heterocycles. The van der Waals surface area contributed by atoms with Crippen LogP contribution in [0, 0.1) is 5.92 Å². The molecule has 0 aromatic heterocycles. The molecule has 0 radical (unpaired) electrons. The van der Waals surface area contributed by atoms with Crippen LogP contribution >= 0.6 is 0 Å². The zero-order valence-corrected chi connectivity index (χ0v) is 11.7. The molecule has 0 spiro atoms. The summed E-state index contributed by atoms with van der Waals surface area (Å²) >= 11 is 0. The summed E-state index contributed by atoms with van der Waals surface area (Å²) in [6.45, 7) is 4.44. The normalized spacial score (nSPS) is 18.1. The Morgan fingerprint density at radius 3 is 2.70 bits per heavy atom. The van der Waals surface area contributed by atoms with Gasteiger partial charge >= 0.3 is 5.97 Å². The first-order valence-electron chi connectivity index (χ1n) is 6.72. The van der Waals surface area contributed by atoms with Gasteiger partial charge in [-0.1, -0.05) is 18.2 Å². The van der Waals surface area contributed by atoms with E-state index >= 15 is 0 Å². The first kappa shape index (κ1) is 14.3. The van der Waals surface area contributed by atoms with Gasteiger partial charge < -0.3 is 9.64 Å². The second kappa shape index (κ2) is 6.37. The summed E-state index contributed by atoms with van der Waals surface area (Å²) in [4.78, 5) is 24.8. The summed E-state index contributed by atoms with van der Waals surface area (Å²) in [5, 5.41) is 0. The van der Waals surface area contributed by atoms with E-state index in [1.165, 1.54) is 7.11 Å². The number of carbonyl (C=O) groups excluding carboxylic acids is 2. The van der Waals surface area contributed by atoms with Gasteiger partial charge in [-0.25, -0.2) is 0 Å². The van der Waals surface area contributed by atoms with Crippen LogP contribution in [-0.4, -0.2) is 25.5 Å². The average molecular weight is 273 g/mol. The van der Waals surface area contributed by atoms with Gasteiger partial charge in [-0.05, 0) is 24.1 Å². The van der Waals surface area contributed by atoms with E-state index in [9.17, 15) is 9.59 Å². The quantitative estimate of drug-likeness (QED) is 0.611. The number of aryl methyl sites for hydroxylation is 1. The number of nitrogens with zero attached hydrogens (tertiary/aromatic N) is 1. The van der Waals surface area contributed by atoms with Crippen LogP contribution in [0.5, 0.6) is 0 Å². The number of amides is 1. The summed E-state index contributed by atoms with van der Waals surface area (Å²) in [5.41, 5.74) is 1.97. The third-order valence-electron chi connectivity index (χ3n) is 3.58. The molecule has 1 heterocycles. The molecular formula is C16H19NO3. The van der Waals surface area contributed by atoms with Crippen LogP contribution in [0.25, 0.3) is 0 Å². The molecule has 106 valence electrons. The van der Waals surface area contributed by atoms with E-state index in [0.717, 1.165) is 11.3 Å². The minimum atomic E-state index is -0.211. The van der Waals surface area contributed by atoms with Gasteiger partial charge in [-0.15, -0.1) is 6.58 Å². The molecule has 1 aliphatic rings. The van der Waals surface area contributed by atoms with Crippen LogP contribution in [0.1, 0.15) is 18.4 Å². The summed E-state index contributed by atoms with van der Waals surface area (Å²) in [6.07, 6.45) is 3.39. The van der Waals surface area contributed by atoms with Crippen LogP contribution in [0.4, 0.5) is 5.69 Å². The molecule has 1 aromatic rings. The van der Waals surface area contributed by atoms with Crippen LogP contribution in [-0.2, 0) is 20.7 Å². The van der Waals surface area contributed by atoms with E-state index in [-0.39, 0.29) is 17.8 Å². The maximum Gasteiger partial charge on any atom is 0.305 e. The predicted octanol–water partition coefficient (Wildman–Crippen LogP) is 2.33. The lowest BCUT2D eigenvalue weighted by Crippen LogP contribution is -2.24. The fraction of sp³-hybridized carbons (Fsp3) is 0.375. The van der Waals surface area contributed by atoms with E-state index in [2.05, 4.69) is 11.3 Å². The molecule has 20 heavy (non-hydrogen) atoms. The Bertz CT molecular complexity index is 507. The van der Waals surface area contributed by atoms with Crippen molar-refractivity contribution in [2.45, 2.75) is 19.3 Å². The van der Waals surface area contributed by atoms with Crippen molar-refractivity contribution in [3.05, 3.63) is 42.5 Å². The van der Waals surface area contributed by atoms with E-state index in [1.807, 2.05) is 30.3 Å². The van der Waals surface area contributed by atoms with Gasteiger partial charge in [0.05, 0.1) is 7.11 Å². The van der Waals surface area contributed by atoms with Gasteiger partial charge in [-0.3, -0.25) is 9.59 Å². The molecule has 1 saturated heterocycles. The van der Waals surface area contributed by atoms with Gasteiger partial charge in [0.15, 0.2) is 0 Å². The lowest BCUT2D eigenvalue weighted by Gasteiger charge is -2.16.